The summed E-state index contributed by atoms with van der Waals surface area (Å²) in [6, 6.07) is 10.2. The number of allylic oxidation sites excluding steroid dienone is 1. The van der Waals surface area contributed by atoms with Crippen molar-refractivity contribution < 1.29 is 4.79 Å². The van der Waals surface area contributed by atoms with Gasteiger partial charge in [-0.3, -0.25) is 24.7 Å². The number of thiophene rings is 1. The minimum absolute atomic E-state index is 0.0437. The van der Waals surface area contributed by atoms with Crippen molar-refractivity contribution in [3.8, 4) is 21.8 Å². The fourth-order valence-corrected chi connectivity index (χ4v) is 6.97. The number of aromatic nitrogens is 3. The molecule has 0 aromatic carbocycles. The molecule has 7 rings (SSSR count). The van der Waals surface area contributed by atoms with Gasteiger partial charge in [0.25, 0.3) is 0 Å². The summed E-state index contributed by atoms with van der Waals surface area (Å²) in [6.45, 7) is 0.528. The average Bonchev–Trinajstić information content (AvgIpc) is 3.60. The Hall–Kier alpha value is -4.41. The van der Waals surface area contributed by atoms with Gasteiger partial charge in [0.15, 0.2) is 0 Å². The second-order valence-electron chi connectivity index (χ2n) is 11.3. The smallest absolute Gasteiger partial charge is 0.227 e. The zero-order valence-electron chi connectivity index (χ0n) is 24.3. The second-order valence-corrected chi connectivity index (χ2v) is 12.2. The number of carbonyl (C=O) groups excluding carboxylic acids is 1. The molecule has 0 spiro atoms. The fourth-order valence-electron chi connectivity index (χ4n) is 6.23. The van der Waals surface area contributed by atoms with Crippen molar-refractivity contribution in [2.45, 2.75) is 38.1 Å². The van der Waals surface area contributed by atoms with Crippen LogP contribution in [0.25, 0.3) is 21.8 Å². The minimum atomic E-state index is -0.0437. The van der Waals surface area contributed by atoms with Crippen LogP contribution in [0, 0.1) is 5.92 Å². The number of fused-ring (bicyclic) bond motifs is 2. The van der Waals surface area contributed by atoms with Crippen molar-refractivity contribution in [2.75, 3.05) is 36.3 Å². The SMILES string of the molecule is CNC1C=C(C2=NCN(C)c3cnc(-c4cncc(NC(=O)C5CCCCC5)c4)cc32)Nc2ccnc(-c3cccs3)c21. The highest BCUT2D eigenvalue weighted by atomic mass is 32.1. The molecule has 10 heteroatoms. The Morgan fingerprint density at radius 2 is 1.98 bits per heavy atom. The van der Waals surface area contributed by atoms with E-state index in [1.165, 1.54) is 6.42 Å². The van der Waals surface area contributed by atoms with E-state index in [4.69, 9.17) is 15.0 Å². The van der Waals surface area contributed by atoms with Gasteiger partial charge in [-0.25, -0.2) is 0 Å². The van der Waals surface area contributed by atoms with E-state index in [1.807, 2.05) is 38.6 Å². The van der Waals surface area contributed by atoms with Crippen molar-refractivity contribution in [1.29, 1.82) is 0 Å². The Labute approximate surface area is 255 Å². The highest BCUT2D eigenvalue weighted by molar-refractivity contribution is 7.13. The zero-order valence-corrected chi connectivity index (χ0v) is 25.1. The predicted molar refractivity (Wildman–Crippen MR) is 174 cm³/mol. The summed E-state index contributed by atoms with van der Waals surface area (Å²) < 4.78 is 0. The third-order valence-electron chi connectivity index (χ3n) is 8.49. The molecule has 1 atom stereocenters. The summed E-state index contributed by atoms with van der Waals surface area (Å²) in [5.74, 6) is 0.161. The molecular formula is C33H34N8OS. The molecule has 0 radical (unpaired) electrons. The highest BCUT2D eigenvalue weighted by Gasteiger charge is 2.29. The number of anilines is 3. The van der Waals surface area contributed by atoms with E-state index in [0.29, 0.717) is 12.4 Å². The largest absolute Gasteiger partial charge is 0.354 e. The number of amides is 1. The maximum absolute atomic E-state index is 12.9. The minimum Gasteiger partial charge on any atom is -0.354 e. The number of hydrogen-bond acceptors (Lipinski definition) is 9. The predicted octanol–water partition coefficient (Wildman–Crippen LogP) is 6.25. The highest BCUT2D eigenvalue weighted by Crippen LogP contribution is 2.40. The monoisotopic (exact) mass is 590 g/mol. The molecule has 0 bridgehead atoms. The van der Waals surface area contributed by atoms with E-state index in [-0.39, 0.29) is 17.9 Å². The van der Waals surface area contributed by atoms with Crippen molar-refractivity contribution in [2.24, 2.45) is 10.9 Å². The maximum Gasteiger partial charge on any atom is 0.227 e. The molecule has 3 aliphatic rings. The van der Waals surface area contributed by atoms with Crippen molar-refractivity contribution in [1.82, 2.24) is 20.3 Å². The summed E-state index contributed by atoms with van der Waals surface area (Å²) in [5.41, 5.74) is 9.24. The molecule has 0 saturated heterocycles. The number of pyridine rings is 3. The molecule has 9 nitrogen and oxygen atoms in total. The molecule has 218 valence electrons. The standard InChI is InChI=1S/C33H34N8OS/c1-34-26-15-27(40-24-10-11-36-32(30(24)26)29-9-6-12-43-29)31-23-14-25(37-18-28(23)41(2)19-38-31)21-13-22(17-35-16-21)39-33(42)20-7-4-3-5-8-20/h6,9-18,20,26,34,40H,3-5,7-8,19H2,1-2H3,(H,39,42). The van der Waals surface area contributed by atoms with Crippen molar-refractivity contribution >= 4 is 40.0 Å². The molecule has 4 aromatic rings. The Balaban J connectivity index is 1.21. The number of hydrogen-bond donors (Lipinski definition) is 3. The Kier molecular flexibility index (Phi) is 7.46. The summed E-state index contributed by atoms with van der Waals surface area (Å²) in [7, 11) is 4.00. The van der Waals surface area contributed by atoms with Gasteiger partial charge in [-0.05, 0) is 55.6 Å². The van der Waals surface area contributed by atoms with Gasteiger partial charge in [0, 0.05) is 47.7 Å². The summed E-state index contributed by atoms with van der Waals surface area (Å²) in [5, 5.41) is 12.3. The summed E-state index contributed by atoms with van der Waals surface area (Å²) >= 11 is 1.69. The molecule has 3 N–H and O–H groups in total. The van der Waals surface area contributed by atoms with Gasteiger partial charge in [-0.15, -0.1) is 11.3 Å². The number of nitrogens with one attached hydrogen (secondary N) is 3. The van der Waals surface area contributed by atoms with Crippen molar-refractivity contribution in [3.05, 3.63) is 83.4 Å². The quantitative estimate of drug-likeness (QED) is 0.244. The second kappa shape index (κ2) is 11.7. The number of aliphatic imine (C=N–C) groups is 1. The Bertz CT molecular complexity index is 1720. The maximum atomic E-state index is 12.9. The van der Waals surface area contributed by atoms with E-state index >= 15 is 0 Å². The molecule has 6 heterocycles. The normalized spacial score (nSPS) is 18.2. The van der Waals surface area contributed by atoms with Crippen molar-refractivity contribution in [3.63, 3.8) is 0 Å². The third-order valence-corrected chi connectivity index (χ3v) is 9.37. The molecule has 2 aliphatic heterocycles. The zero-order chi connectivity index (χ0) is 29.3. The molecule has 1 aliphatic carbocycles. The molecule has 43 heavy (non-hydrogen) atoms. The van der Waals surface area contributed by atoms with Crippen LogP contribution in [0.4, 0.5) is 17.1 Å². The first-order valence-electron chi connectivity index (χ1n) is 14.8. The van der Waals surface area contributed by atoms with Gasteiger partial charge in [0.05, 0.1) is 57.5 Å². The van der Waals surface area contributed by atoms with Gasteiger partial charge in [-0.1, -0.05) is 25.3 Å². The van der Waals surface area contributed by atoms with Crippen LogP contribution < -0.4 is 20.9 Å². The van der Waals surface area contributed by atoms with Gasteiger partial charge in [-0.2, -0.15) is 0 Å². The van der Waals surface area contributed by atoms with Crippen LogP contribution in [0.15, 0.2) is 77.3 Å². The molecule has 4 aromatic heterocycles. The lowest BCUT2D eigenvalue weighted by molar-refractivity contribution is -0.120. The van der Waals surface area contributed by atoms with Crippen LogP contribution >= 0.6 is 11.3 Å². The fraction of sp³-hybridized carbons (Fsp3) is 0.303. The van der Waals surface area contributed by atoms with Crippen LogP contribution in [-0.2, 0) is 4.79 Å². The lowest BCUT2D eigenvalue weighted by atomic mass is 9.88. The Morgan fingerprint density at radius 1 is 1.09 bits per heavy atom. The van der Waals surface area contributed by atoms with E-state index in [0.717, 1.165) is 81.4 Å². The van der Waals surface area contributed by atoms with Gasteiger partial charge in [0.1, 0.15) is 6.67 Å². The van der Waals surface area contributed by atoms with E-state index in [9.17, 15) is 4.79 Å². The van der Waals surface area contributed by atoms with Crippen LogP contribution in [0.1, 0.15) is 49.3 Å². The molecule has 1 fully saturated rings. The molecule has 1 saturated carbocycles. The number of nitrogens with zero attached hydrogens (tertiary/aromatic N) is 5. The lowest BCUT2D eigenvalue weighted by Gasteiger charge is -2.31. The van der Waals surface area contributed by atoms with Crippen LogP contribution in [0.2, 0.25) is 0 Å². The first kappa shape index (κ1) is 27.4. The van der Waals surface area contributed by atoms with Gasteiger partial charge < -0.3 is 20.9 Å². The molecular weight excluding hydrogens is 556 g/mol. The number of carbonyl (C=O) groups is 1. The van der Waals surface area contributed by atoms with Crippen LogP contribution in [-0.4, -0.2) is 47.3 Å². The topological polar surface area (TPSA) is 107 Å². The third kappa shape index (κ3) is 5.32. The first-order valence-corrected chi connectivity index (χ1v) is 15.7. The lowest BCUT2D eigenvalue weighted by Crippen LogP contribution is -2.31. The Morgan fingerprint density at radius 3 is 2.79 bits per heavy atom. The first-order chi connectivity index (χ1) is 21.1. The number of rotatable bonds is 6. The van der Waals surface area contributed by atoms with Gasteiger partial charge in [0.2, 0.25) is 5.91 Å². The van der Waals surface area contributed by atoms with Crippen LogP contribution in [0.5, 0.6) is 0 Å². The van der Waals surface area contributed by atoms with E-state index in [1.54, 1.807) is 23.7 Å². The molecule has 1 unspecified atom stereocenters. The summed E-state index contributed by atoms with van der Waals surface area (Å²) in [6.07, 6.45) is 14.8. The van der Waals surface area contributed by atoms with Gasteiger partial charge >= 0.3 is 0 Å². The average molecular weight is 591 g/mol. The number of likely N-dealkylation sites (N-methyl/N-ethyl adjacent to an activating group) is 1. The van der Waals surface area contributed by atoms with Crippen LogP contribution in [0.3, 0.4) is 0 Å². The van der Waals surface area contributed by atoms with E-state index in [2.05, 4.69) is 55.5 Å². The van der Waals surface area contributed by atoms with E-state index < -0.39 is 0 Å². The summed E-state index contributed by atoms with van der Waals surface area (Å²) in [4.78, 5) is 35.1. The molecule has 1 amide bonds.